The maximum Gasteiger partial charge on any atom is 0.336 e. The zero-order valence-electron chi connectivity index (χ0n) is 59.7. The predicted octanol–water partition coefficient (Wildman–Crippen LogP) is -0.726. The number of aliphatic hydroxyl groups is 1. The number of para-hydroxylation sites is 1. The second-order valence-corrected chi connectivity index (χ2v) is 27.4. The number of fused-ring (bicyclic) bond motifs is 3. The minimum atomic E-state index is -1.66. The number of carbonyl (C=O) groups excluding carboxylic acids is 12. The first kappa shape index (κ1) is 83.3. The van der Waals surface area contributed by atoms with E-state index in [0.717, 1.165) is 0 Å². The number of aromatic hydroxyl groups is 1. The summed E-state index contributed by atoms with van der Waals surface area (Å²) in [4.78, 5) is 197. The van der Waals surface area contributed by atoms with Crippen molar-refractivity contribution in [1.29, 1.82) is 0 Å². The van der Waals surface area contributed by atoms with Gasteiger partial charge in [0.1, 0.15) is 65.4 Å². The van der Waals surface area contributed by atoms with Gasteiger partial charge in [-0.1, -0.05) is 52.0 Å². The summed E-state index contributed by atoms with van der Waals surface area (Å²) in [6, 6.07) is 8.50. The molecule has 576 valence electrons. The molecule has 0 unspecified atom stereocenters. The van der Waals surface area contributed by atoms with E-state index in [1.54, 1.807) is 50.4 Å². The molecule has 0 saturated carbocycles. The molecule has 2 aliphatic rings. The molecule has 108 heavy (non-hydrogen) atoms. The monoisotopic (exact) mass is 1530 g/mol. The molecule has 2 aromatic heterocycles. The lowest BCUT2D eigenvalue weighted by Crippen LogP contribution is -2.59. The Hall–Kier alpha value is -12.0. The van der Waals surface area contributed by atoms with Crippen LogP contribution < -0.4 is 80.7 Å². The standard InChI is InChI=1S/C71H87N17O18S2/c1-34(2)21-50(67(101)85-48(62(73)96)19-20-108-6)86-68(102)52(24-39-28-74-33-79-39)83-58(94)30-77-69(103)61(35(3)4)88-63(97)36(5)80-66(100)51(22-37-27-75-47-10-8-7-9-42(37)47)87-65(99)49(17-18-56(72)92)82-57(93)29-76-64(98)53(32-89)84-59(95)31-78-71(107)81-38-11-14-43(46(23-38)70(104)105)60-44-15-12-40(90)25-54(44)106-55-26-41(91)13-16-45(55)60/h7-16,23,25-28,33-36,48-53,61,75,89-90H,17-22,24,29-32H2,1-6H3,(H2,72,92)(H2,73,96)(H,74,79)(H,76,98)(H,77,103)(H,80,100)(H,82,93)(H,83,94)(H,84,95)(H,85,101)(H,86,102)(H,87,99)(H,88,97)(H,104,105)(H2,78,81,107)/t36-,48-,49-,50-,51-,52-,53-,61-/m0/s1. The summed E-state index contributed by atoms with van der Waals surface area (Å²) >= 11 is 6.81. The van der Waals surface area contributed by atoms with Crippen molar-refractivity contribution in [2.75, 3.05) is 43.6 Å². The van der Waals surface area contributed by atoms with Crippen LogP contribution in [0.3, 0.4) is 0 Å². The number of nitrogens with one attached hydrogen (secondary N) is 14. The molecule has 1 aliphatic carbocycles. The van der Waals surface area contributed by atoms with Crippen molar-refractivity contribution in [2.45, 2.75) is 121 Å². The van der Waals surface area contributed by atoms with Crippen molar-refractivity contribution in [1.82, 2.24) is 73.4 Å². The van der Waals surface area contributed by atoms with Crippen molar-refractivity contribution in [3.05, 3.63) is 125 Å². The van der Waals surface area contributed by atoms with Gasteiger partial charge in [0, 0.05) is 76.9 Å². The highest BCUT2D eigenvalue weighted by molar-refractivity contribution is 7.98. The first-order valence-corrected chi connectivity index (χ1v) is 35.9. The number of imidazole rings is 1. The highest BCUT2D eigenvalue weighted by Gasteiger charge is 2.35. The van der Waals surface area contributed by atoms with Crippen LogP contribution in [0.15, 0.2) is 107 Å². The van der Waals surface area contributed by atoms with Crippen LogP contribution >= 0.6 is 24.0 Å². The van der Waals surface area contributed by atoms with Crippen LogP contribution in [0.2, 0.25) is 0 Å². The van der Waals surface area contributed by atoms with Gasteiger partial charge in [0.25, 0.3) is 0 Å². The normalized spacial score (nSPS) is 13.4. The number of hydrogen-bond donors (Lipinski definition) is 19. The summed E-state index contributed by atoms with van der Waals surface area (Å²) in [7, 11) is 0. The van der Waals surface area contributed by atoms with Crippen LogP contribution in [0, 0.1) is 11.8 Å². The molecule has 0 fully saturated rings. The number of aliphatic hydroxyl groups excluding tert-OH is 1. The highest BCUT2D eigenvalue weighted by atomic mass is 32.2. The van der Waals surface area contributed by atoms with Gasteiger partial charge in [-0.05, 0) is 116 Å². The highest BCUT2D eigenvalue weighted by Crippen LogP contribution is 2.42. The summed E-state index contributed by atoms with van der Waals surface area (Å²) < 4.78 is 5.89. The minimum absolute atomic E-state index is 0.118. The smallest absolute Gasteiger partial charge is 0.336 e. The van der Waals surface area contributed by atoms with Gasteiger partial charge in [-0.3, -0.25) is 62.3 Å². The van der Waals surface area contributed by atoms with Crippen molar-refractivity contribution < 1.29 is 82.1 Å². The summed E-state index contributed by atoms with van der Waals surface area (Å²) in [6.07, 6.45) is 5.37. The minimum Gasteiger partial charge on any atom is -0.508 e. The average molecular weight is 1530 g/mol. The molecular formula is C71H87N17O18S2. The van der Waals surface area contributed by atoms with Crippen LogP contribution in [0.5, 0.6) is 5.75 Å². The maximum atomic E-state index is 14.4. The van der Waals surface area contributed by atoms with Gasteiger partial charge in [0.2, 0.25) is 70.9 Å². The predicted molar refractivity (Wildman–Crippen MR) is 401 cm³/mol. The number of carboxylic acid groups (broad SMARTS) is 1. The number of aromatic carboxylic acids is 1. The number of nitrogens with two attached hydrogens (primary N) is 2. The molecule has 3 heterocycles. The zero-order chi connectivity index (χ0) is 79.1. The van der Waals surface area contributed by atoms with E-state index in [1.807, 2.05) is 20.1 Å². The van der Waals surface area contributed by atoms with Crippen LogP contribution in [0.4, 0.5) is 5.69 Å². The van der Waals surface area contributed by atoms with Gasteiger partial charge in [0.05, 0.1) is 43.8 Å². The van der Waals surface area contributed by atoms with E-state index in [1.165, 1.54) is 79.7 Å². The molecule has 21 N–H and O–H groups in total. The lowest BCUT2D eigenvalue weighted by molar-refractivity contribution is -0.135. The molecule has 7 rings (SSSR count). The number of benzene rings is 4. The zero-order valence-corrected chi connectivity index (χ0v) is 61.3. The molecule has 0 saturated heterocycles. The van der Waals surface area contributed by atoms with Gasteiger partial charge in [0.15, 0.2) is 10.5 Å². The van der Waals surface area contributed by atoms with Gasteiger partial charge in [-0.2, -0.15) is 11.8 Å². The van der Waals surface area contributed by atoms with E-state index in [4.69, 9.17) is 28.1 Å². The Bertz CT molecular complexity index is 4510. The van der Waals surface area contributed by atoms with Crippen LogP contribution in [-0.4, -0.2) is 199 Å². The van der Waals surface area contributed by atoms with Gasteiger partial charge in [-0.15, -0.1) is 0 Å². The Morgan fingerprint density at radius 2 is 1.24 bits per heavy atom. The molecule has 12 amide bonds. The van der Waals surface area contributed by atoms with Gasteiger partial charge < -0.3 is 105 Å². The van der Waals surface area contributed by atoms with Gasteiger partial charge >= 0.3 is 5.97 Å². The summed E-state index contributed by atoms with van der Waals surface area (Å²) in [6.45, 7) is 4.98. The molecule has 35 nitrogen and oxygen atoms in total. The molecule has 5 aromatic rings. The number of aromatic amines is 2. The van der Waals surface area contributed by atoms with E-state index < -0.39 is 170 Å². The number of phenolic OH excluding ortho intramolecular Hbond substituents is 1. The molecule has 0 bridgehead atoms. The third-order valence-corrected chi connectivity index (χ3v) is 17.7. The molecule has 0 radical (unpaired) electrons. The topological polar surface area (TPSA) is 554 Å². The fourth-order valence-electron chi connectivity index (χ4n) is 11.3. The van der Waals surface area contributed by atoms with E-state index >= 15 is 0 Å². The SMILES string of the molecule is CSCC[C@H](NC(=O)[C@H](CC(C)C)NC(=O)[C@H](Cc1c[nH]cn1)NC(=O)CNC(=O)[C@@H](NC(=O)[C@H](C)NC(=O)[C@H](Cc1c[nH]c2ccccc12)NC(=O)[C@H](CCC(N)=O)NC(=O)CNC(=O)[C@H](CO)NC(=O)CNC(=S)Nc1ccc(-c2c3ccc(=O)cc-3oc3cc(O)ccc23)c(C(=O)O)c1)C(C)C)C(N)=O. The number of amides is 12. The number of anilines is 1. The number of carboxylic acids is 1. The van der Waals surface area contributed by atoms with Crippen molar-refractivity contribution >= 4 is 134 Å². The molecular weight excluding hydrogens is 1440 g/mol. The van der Waals surface area contributed by atoms with E-state index in [-0.39, 0.29) is 76.0 Å². The lowest BCUT2D eigenvalue weighted by atomic mass is 9.90. The lowest BCUT2D eigenvalue weighted by Gasteiger charge is -2.26. The Morgan fingerprint density at radius 1 is 0.620 bits per heavy atom. The number of primary amides is 2. The number of nitrogens with zero attached hydrogens (tertiary/aromatic N) is 1. The number of aromatic nitrogens is 3. The number of phenols is 1. The van der Waals surface area contributed by atoms with Gasteiger partial charge in [-0.25, -0.2) is 9.78 Å². The second-order valence-electron chi connectivity index (χ2n) is 26.0. The number of carbonyl (C=O) groups is 13. The van der Waals surface area contributed by atoms with Crippen LogP contribution in [-0.2, 0) is 70.4 Å². The molecule has 3 aromatic carbocycles. The van der Waals surface area contributed by atoms with E-state index in [0.29, 0.717) is 44.4 Å². The summed E-state index contributed by atoms with van der Waals surface area (Å²) in [5.41, 5.74) is 13.3. The summed E-state index contributed by atoms with van der Waals surface area (Å²) in [5, 5.41) is 62.0. The molecule has 37 heteroatoms. The Morgan fingerprint density at radius 3 is 1.89 bits per heavy atom. The number of H-pyrrole nitrogens is 2. The summed E-state index contributed by atoms with van der Waals surface area (Å²) in [5.74, 6) is -12.2. The number of thioether (sulfide) groups is 1. The van der Waals surface area contributed by atoms with Crippen LogP contribution in [0.1, 0.15) is 81.9 Å². The number of thiocarbonyl (C=S) groups is 1. The average Bonchev–Trinajstić information content (AvgIpc) is 0.865. The first-order chi connectivity index (χ1) is 51.3. The second kappa shape index (κ2) is 39.4. The molecule has 8 atom stereocenters. The quantitative estimate of drug-likeness (QED) is 0.0167. The molecule has 1 aliphatic heterocycles. The Balaban J connectivity index is 0.942. The van der Waals surface area contributed by atoms with Crippen LogP contribution in [0.25, 0.3) is 44.3 Å². The number of rotatable bonds is 39. The maximum absolute atomic E-state index is 14.4. The number of hydrogen-bond acceptors (Lipinski definition) is 20. The third kappa shape index (κ3) is 24.0. The van der Waals surface area contributed by atoms with Crippen molar-refractivity contribution in [3.63, 3.8) is 0 Å². The van der Waals surface area contributed by atoms with Crippen molar-refractivity contribution in [3.8, 4) is 28.2 Å². The van der Waals surface area contributed by atoms with Crippen molar-refractivity contribution in [2.24, 2.45) is 23.3 Å². The fraction of sp³-hybridized carbons (Fsp3) is 0.380. The molecule has 0 spiro atoms. The Kier molecular flexibility index (Phi) is 30.4. The third-order valence-electron chi connectivity index (χ3n) is 16.8. The fourth-order valence-corrected chi connectivity index (χ4v) is 12.0. The largest absolute Gasteiger partial charge is 0.508 e. The van der Waals surface area contributed by atoms with E-state index in [9.17, 15) is 82.4 Å². The first-order valence-electron chi connectivity index (χ1n) is 34.1. The van der Waals surface area contributed by atoms with E-state index in [2.05, 4.69) is 78.8 Å². The Labute approximate surface area is 627 Å².